The van der Waals surface area contributed by atoms with Crippen molar-refractivity contribution < 1.29 is 13.2 Å². The first-order chi connectivity index (χ1) is 7.71. The molecular formula is C12H15ClO3S. The molecule has 0 spiro atoms. The second-order valence-electron chi connectivity index (χ2n) is 4.21. The summed E-state index contributed by atoms with van der Waals surface area (Å²) in [6, 6.07) is 5.36. The van der Waals surface area contributed by atoms with E-state index in [9.17, 15) is 13.2 Å². The minimum absolute atomic E-state index is 0.0490. The molecule has 3 nitrogen and oxygen atoms in total. The summed E-state index contributed by atoms with van der Waals surface area (Å²) in [5.41, 5.74) is 1.67. The van der Waals surface area contributed by atoms with Crippen molar-refractivity contribution in [1.82, 2.24) is 0 Å². The van der Waals surface area contributed by atoms with E-state index in [1.165, 1.54) is 6.92 Å². The van der Waals surface area contributed by atoms with Crippen LogP contribution in [0.5, 0.6) is 0 Å². The summed E-state index contributed by atoms with van der Waals surface area (Å²) in [7, 11) is -3.34. The Balaban J connectivity index is 2.89. The standard InChI is InChI=1S/C12H15ClO3S/c1-8-4-5-10(11(13)6-8)7-12(14)9(2)17(3,15)16/h4-6,9H,7H2,1-3H3. The van der Waals surface area contributed by atoms with Gasteiger partial charge in [-0.25, -0.2) is 8.42 Å². The maximum atomic E-state index is 11.8. The number of halogens is 1. The average molecular weight is 275 g/mol. The summed E-state index contributed by atoms with van der Waals surface area (Å²) < 4.78 is 22.5. The van der Waals surface area contributed by atoms with Crippen molar-refractivity contribution in [1.29, 1.82) is 0 Å². The van der Waals surface area contributed by atoms with Crippen molar-refractivity contribution in [2.24, 2.45) is 0 Å². The highest BCUT2D eigenvalue weighted by Gasteiger charge is 2.23. The van der Waals surface area contributed by atoms with Gasteiger partial charge in [0.2, 0.25) is 0 Å². The minimum Gasteiger partial charge on any atom is -0.298 e. The number of hydrogen-bond donors (Lipinski definition) is 0. The number of rotatable bonds is 4. The first kappa shape index (κ1) is 14.2. The maximum absolute atomic E-state index is 11.8. The lowest BCUT2D eigenvalue weighted by atomic mass is 10.1. The molecule has 1 atom stereocenters. The number of carbonyl (C=O) groups is 1. The van der Waals surface area contributed by atoms with Crippen LogP contribution in [0.1, 0.15) is 18.1 Å². The molecule has 0 aliphatic rings. The van der Waals surface area contributed by atoms with Gasteiger partial charge in [-0.3, -0.25) is 4.79 Å². The molecule has 0 radical (unpaired) electrons. The van der Waals surface area contributed by atoms with Crippen LogP contribution in [-0.4, -0.2) is 25.7 Å². The van der Waals surface area contributed by atoms with Crippen LogP contribution in [0, 0.1) is 6.92 Å². The van der Waals surface area contributed by atoms with Crippen molar-refractivity contribution in [2.45, 2.75) is 25.5 Å². The molecule has 5 heteroatoms. The van der Waals surface area contributed by atoms with Crippen LogP contribution in [0.3, 0.4) is 0 Å². The molecule has 0 bridgehead atoms. The normalized spacial score (nSPS) is 13.4. The largest absolute Gasteiger partial charge is 0.298 e. The number of benzene rings is 1. The Morgan fingerprint density at radius 2 is 2.00 bits per heavy atom. The lowest BCUT2D eigenvalue weighted by Gasteiger charge is -2.09. The highest BCUT2D eigenvalue weighted by atomic mass is 35.5. The Hall–Kier alpha value is -0.870. The molecule has 1 unspecified atom stereocenters. The molecule has 1 aromatic carbocycles. The van der Waals surface area contributed by atoms with Crippen molar-refractivity contribution in [3.05, 3.63) is 34.3 Å². The monoisotopic (exact) mass is 274 g/mol. The molecule has 94 valence electrons. The Labute approximate surface area is 107 Å². The third-order valence-electron chi connectivity index (χ3n) is 2.67. The number of hydrogen-bond acceptors (Lipinski definition) is 3. The summed E-state index contributed by atoms with van der Waals surface area (Å²) in [5, 5.41) is -0.487. The predicted octanol–water partition coefficient (Wildman–Crippen LogP) is 2.19. The fourth-order valence-corrected chi connectivity index (χ4v) is 2.23. The van der Waals surface area contributed by atoms with Gasteiger partial charge < -0.3 is 0 Å². The first-order valence-electron chi connectivity index (χ1n) is 5.18. The van der Waals surface area contributed by atoms with E-state index in [0.29, 0.717) is 10.6 Å². The van der Waals surface area contributed by atoms with E-state index in [2.05, 4.69) is 0 Å². The van der Waals surface area contributed by atoms with Gasteiger partial charge in [0.25, 0.3) is 0 Å². The fraction of sp³-hybridized carbons (Fsp3) is 0.417. The second kappa shape index (κ2) is 5.19. The van der Waals surface area contributed by atoms with Gasteiger partial charge in [0, 0.05) is 17.7 Å². The quantitative estimate of drug-likeness (QED) is 0.846. The molecular weight excluding hydrogens is 260 g/mol. The molecule has 1 rings (SSSR count). The molecule has 0 aliphatic carbocycles. The van der Waals surface area contributed by atoms with Crippen molar-refractivity contribution in [3.8, 4) is 0 Å². The molecule has 0 saturated heterocycles. The van der Waals surface area contributed by atoms with Gasteiger partial charge in [0.15, 0.2) is 15.6 Å². The van der Waals surface area contributed by atoms with Gasteiger partial charge >= 0.3 is 0 Å². The molecule has 0 heterocycles. The molecule has 1 aromatic rings. The van der Waals surface area contributed by atoms with E-state index in [1.54, 1.807) is 12.1 Å². The smallest absolute Gasteiger partial charge is 0.157 e. The van der Waals surface area contributed by atoms with Gasteiger partial charge in [-0.15, -0.1) is 0 Å². The van der Waals surface area contributed by atoms with E-state index in [0.717, 1.165) is 11.8 Å². The van der Waals surface area contributed by atoms with Crippen LogP contribution in [0.2, 0.25) is 5.02 Å². The molecule has 0 N–H and O–H groups in total. The van der Waals surface area contributed by atoms with Crippen LogP contribution in [0.15, 0.2) is 18.2 Å². The van der Waals surface area contributed by atoms with Crippen molar-refractivity contribution >= 4 is 27.2 Å². The second-order valence-corrected chi connectivity index (χ2v) is 6.98. The number of Topliss-reactive ketones (excluding diaryl/α,β-unsaturated/α-hetero) is 1. The van der Waals surface area contributed by atoms with E-state index >= 15 is 0 Å². The Bertz CT molecular complexity index is 535. The number of sulfone groups is 1. The fourth-order valence-electron chi connectivity index (χ4n) is 1.37. The van der Waals surface area contributed by atoms with E-state index in [-0.39, 0.29) is 12.2 Å². The Morgan fingerprint density at radius 3 is 2.47 bits per heavy atom. The number of carbonyl (C=O) groups excluding carboxylic acids is 1. The third-order valence-corrected chi connectivity index (χ3v) is 4.57. The highest BCUT2D eigenvalue weighted by molar-refractivity contribution is 7.92. The summed E-state index contributed by atoms with van der Waals surface area (Å²) in [6.45, 7) is 3.30. The van der Waals surface area contributed by atoms with E-state index < -0.39 is 15.1 Å². The van der Waals surface area contributed by atoms with Gasteiger partial charge in [-0.1, -0.05) is 23.7 Å². The zero-order valence-electron chi connectivity index (χ0n) is 10.0. The molecule has 17 heavy (non-hydrogen) atoms. The summed E-state index contributed by atoms with van der Waals surface area (Å²) in [5.74, 6) is -0.335. The first-order valence-corrected chi connectivity index (χ1v) is 7.51. The number of ketones is 1. The topological polar surface area (TPSA) is 51.2 Å². The van der Waals surface area contributed by atoms with Crippen LogP contribution in [0.25, 0.3) is 0 Å². The maximum Gasteiger partial charge on any atom is 0.157 e. The van der Waals surface area contributed by atoms with E-state index in [4.69, 9.17) is 11.6 Å². The van der Waals surface area contributed by atoms with Gasteiger partial charge in [-0.05, 0) is 31.0 Å². The van der Waals surface area contributed by atoms with Crippen LogP contribution in [0.4, 0.5) is 0 Å². The van der Waals surface area contributed by atoms with Gasteiger partial charge in [0.1, 0.15) is 5.25 Å². The van der Waals surface area contributed by atoms with Crippen LogP contribution in [-0.2, 0) is 21.1 Å². The van der Waals surface area contributed by atoms with Crippen molar-refractivity contribution in [2.75, 3.05) is 6.26 Å². The van der Waals surface area contributed by atoms with E-state index in [1.807, 2.05) is 13.0 Å². The Morgan fingerprint density at radius 1 is 1.41 bits per heavy atom. The predicted molar refractivity (Wildman–Crippen MR) is 69.2 cm³/mol. The summed E-state index contributed by atoms with van der Waals surface area (Å²) >= 11 is 5.99. The lowest BCUT2D eigenvalue weighted by Crippen LogP contribution is -2.27. The zero-order valence-corrected chi connectivity index (χ0v) is 11.6. The average Bonchev–Trinajstić information content (AvgIpc) is 2.19. The summed E-state index contributed by atoms with van der Waals surface area (Å²) in [4.78, 5) is 11.8. The summed E-state index contributed by atoms with van der Waals surface area (Å²) in [6.07, 6.45) is 1.11. The molecule has 0 aromatic heterocycles. The highest BCUT2D eigenvalue weighted by Crippen LogP contribution is 2.19. The number of aryl methyl sites for hydroxylation is 1. The Kier molecular flexibility index (Phi) is 4.33. The van der Waals surface area contributed by atoms with Crippen LogP contribution >= 0.6 is 11.6 Å². The SMILES string of the molecule is Cc1ccc(CC(=O)C(C)S(C)(=O)=O)c(Cl)c1. The third kappa shape index (κ3) is 3.82. The molecule has 0 fully saturated rings. The zero-order chi connectivity index (χ0) is 13.2. The molecule has 0 aliphatic heterocycles. The minimum atomic E-state index is -3.34. The molecule has 0 amide bonds. The molecule has 0 saturated carbocycles. The van der Waals surface area contributed by atoms with Crippen molar-refractivity contribution in [3.63, 3.8) is 0 Å². The van der Waals surface area contributed by atoms with Crippen LogP contribution < -0.4 is 0 Å². The van der Waals surface area contributed by atoms with Gasteiger partial charge in [0.05, 0.1) is 0 Å². The van der Waals surface area contributed by atoms with Gasteiger partial charge in [-0.2, -0.15) is 0 Å². The lowest BCUT2D eigenvalue weighted by molar-refractivity contribution is -0.117.